The highest BCUT2D eigenvalue weighted by Crippen LogP contribution is 2.25. The normalized spacial score (nSPS) is 12.8. The smallest absolute Gasteiger partial charge is 0.326 e. The fourth-order valence-corrected chi connectivity index (χ4v) is 2.00. The second kappa shape index (κ2) is 5.87. The minimum atomic E-state index is -0.994. The molecule has 1 amide bonds. The van der Waals surface area contributed by atoms with E-state index in [0.29, 0.717) is 6.42 Å². The van der Waals surface area contributed by atoms with Gasteiger partial charge in [0, 0.05) is 12.5 Å². The first-order chi connectivity index (χ1) is 8.75. The van der Waals surface area contributed by atoms with Crippen molar-refractivity contribution in [2.45, 2.75) is 33.2 Å². The summed E-state index contributed by atoms with van der Waals surface area (Å²) in [5.41, 5.74) is 0.442. The maximum atomic E-state index is 12.4. The van der Waals surface area contributed by atoms with E-state index in [1.807, 2.05) is 44.2 Å². The summed E-state index contributed by atoms with van der Waals surface area (Å²) in [6.45, 7) is 5.19. The first kappa shape index (κ1) is 15.2. The van der Waals surface area contributed by atoms with Gasteiger partial charge in [0.1, 0.15) is 6.04 Å². The van der Waals surface area contributed by atoms with Crippen molar-refractivity contribution in [3.8, 4) is 0 Å². The zero-order valence-electron chi connectivity index (χ0n) is 11.9. The minimum absolute atomic E-state index is 0.161. The third-order valence-corrected chi connectivity index (χ3v) is 3.33. The molecule has 1 aromatic carbocycles. The van der Waals surface area contributed by atoms with Gasteiger partial charge in [-0.25, -0.2) is 4.79 Å². The summed E-state index contributed by atoms with van der Waals surface area (Å²) in [5, 5.41) is 8.96. The van der Waals surface area contributed by atoms with E-state index in [-0.39, 0.29) is 5.91 Å². The topological polar surface area (TPSA) is 57.6 Å². The van der Waals surface area contributed by atoms with E-state index in [1.165, 1.54) is 18.9 Å². The largest absolute Gasteiger partial charge is 0.480 e. The molecule has 0 bridgehead atoms. The van der Waals surface area contributed by atoms with E-state index in [1.54, 1.807) is 0 Å². The van der Waals surface area contributed by atoms with E-state index in [2.05, 4.69) is 0 Å². The van der Waals surface area contributed by atoms with Crippen LogP contribution in [-0.2, 0) is 16.0 Å². The van der Waals surface area contributed by atoms with Gasteiger partial charge in [-0.05, 0) is 18.9 Å². The molecule has 0 aliphatic heterocycles. The average molecular weight is 263 g/mol. The van der Waals surface area contributed by atoms with Crippen LogP contribution in [0.1, 0.15) is 26.3 Å². The Morgan fingerprint density at radius 3 is 2.26 bits per heavy atom. The van der Waals surface area contributed by atoms with Gasteiger partial charge in [0.15, 0.2) is 0 Å². The van der Waals surface area contributed by atoms with Crippen molar-refractivity contribution in [3.05, 3.63) is 35.9 Å². The highest BCUT2D eigenvalue weighted by atomic mass is 16.4. The molecule has 4 heteroatoms. The van der Waals surface area contributed by atoms with Crippen molar-refractivity contribution in [3.63, 3.8) is 0 Å². The highest BCUT2D eigenvalue weighted by Gasteiger charge is 2.34. The van der Waals surface area contributed by atoms with Crippen LogP contribution in [-0.4, -0.2) is 35.0 Å². The van der Waals surface area contributed by atoms with Crippen LogP contribution >= 0.6 is 0 Å². The monoisotopic (exact) mass is 263 g/mol. The molecule has 0 fully saturated rings. The number of carboxylic acids is 1. The predicted octanol–water partition coefficient (Wildman–Crippen LogP) is 2.19. The molecule has 1 unspecified atom stereocenters. The summed E-state index contributed by atoms with van der Waals surface area (Å²) in [7, 11) is 1.54. The van der Waals surface area contributed by atoms with Crippen LogP contribution in [0.4, 0.5) is 0 Å². The van der Waals surface area contributed by atoms with Gasteiger partial charge in [0.2, 0.25) is 5.91 Å². The molecule has 0 spiro atoms. The number of benzene rings is 1. The Morgan fingerprint density at radius 1 is 1.26 bits per heavy atom. The summed E-state index contributed by atoms with van der Waals surface area (Å²) in [4.78, 5) is 24.6. The number of hydrogen-bond donors (Lipinski definition) is 1. The Kier molecular flexibility index (Phi) is 4.70. The first-order valence-electron chi connectivity index (χ1n) is 6.29. The zero-order valence-corrected chi connectivity index (χ0v) is 11.9. The maximum absolute atomic E-state index is 12.4. The molecule has 1 N–H and O–H groups in total. The molecule has 104 valence electrons. The quantitative estimate of drug-likeness (QED) is 0.886. The van der Waals surface area contributed by atoms with Crippen LogP contribution in [0.25, 0.3) is 0 Å². The van der Waals surface area contributed by atoms with E-state index >= 15 is 0 Å². The second-order valence-corrected chi connectivity index (χ2v) is 5.48. The number of likely N-dealkylation sites (N-methyl/N-ethyl adjacent to an activating group) is 1. The third kappa shape index (κ3) is 3.81. The van der Waals surface area contributed by atoms with Gasteiger partial charge in [-0.1, -0.05) is 44.2 Å². The number of carboxylic acid groups (broad SMARTS) is 1. The Morgan fingerprint density at radius 2 is 1.79 bits per heavy atom. The summed E-state index contributed by atoms with van der Waals surface area (Å²) in [5.74, 6) is -1.15. The second-order valence-electron chi connectivity index (χ2n) is 5.48. The molecule has 0 radical (unpaired) electrons. The van der Waals surface area contributed by atoms with Crippen LogP contribution in [0.3, 0.4) is 0 Å². The molecule has 4 nitrogen and oxygen atoms in total. The molecule has 0 aliphatic rings. The average Bonchev–Trinajstić information content (AvgIpc) is 2.36. The number of carbonyl (C=O) groups excluding carboxylic acids is 1. The van der Waals surface area contributed by atoms with Crippen LogP contribution in [0.15, 0.2) is 30.3 Å². The van der Waals surface area contributed by atoms with Crippen molar-refractivity contribution in [1.82, 2.24) is 4.90 Å². The van der Waals surface area contributed by atoms with Gasteiger partial charge in [-0.15, -0.1) is 0 Å². The summed E-state index contributed by atoms with van der Waals surface area (Å²) in [6.07, 6.45) is 0.587. The molecule has 1 rings (SSSR count). The summed E-state index contributed by atoms with van der Waals surface area (Å²) >= 11 is 0. The Hall–Kier alpha value is -1.84. The fraction of sp³-hybridized carbons (Fsp3) is 0.467. The van der Waals surface area contributed by atoms with Gasteiger partial charge in [0.25, 0.3) is 0 Å². The Bertz CT molecular complexity index is 454. The Balaban J connectivity index is 2.82. The lowest BCUT2D eigenvalue weighted by atomic mass is 9.84. The SMILES string of the molecule is CC(C(=O)O)N(C)C(=O)C(C)(C)Cc1ccccc1. The van der Waals surface area contributed by atoms with Crippen LogP contribution in [0, 0.1) is 5.41 Å². The van der Waals surface area contributed by atoms with Gasteiger partial charge >= 0.3 is 5.97 Å². The predicted molar refractivity (Wildman–Crippen MR) is 73.8 cm³/mol. The molecular formula is C15H21NO3. The van der Waals surface area contributed by atoms with Crippen molar-refractivity contribution >= 4 is 11.9 Å². The number of hydrogen-bond acceptors (Lipinski definition) is 2. The standard InChI is InChI=1S/C15H21NO3/c1-11(13(17)18)16(4)14(19)15(2,3)10-12-8-6-5-7-9-12/h5-9,11H,10H2,1-4H3,(H,17,18). The van der Waals surface area contributed by atoms with Gasteiger partial charge in [-0.2, -0.15) is 0 Å². The highest BCUT2D eigenvalue weighted by molar-refractivity contribution is 5.86. The van der Waals surface area contributed by atoms with Crippen molar-refractivity contribution in [1.29, 1.82) is 0 Å². The van der Waals surface area contributed by atoms with Gasteiger partial charge in [-0.3, -0.25) is 4.79 Å². The van der Waals surface area contributed by atoms with E-state index in [9.17, 15) is 9.59 Å². The fourth-order valence-electron chi connectivity index (χ4n) is 2.00. The molecule has 0 saturated heterocycles. The van der Waals surface area contributed by atoms with Crippen LogP contribution in [0.5, 0.6) is 0 Å². The van der Waals surface area contributed by atoms with Crippen molar-refractivity contribution < 1.29 is 14.7 Å². The van der Waals surface area contributed by atoms with Gasteiger partial charge < -0.3 is 10.0 Å². The lowest BCUT2D eigenvalue weighted by Crippen LogP contribution is -2.47. The lowest BCUT2D eigenvalue weighted by molar-refractivity contribution is -0.152. The first-order valence-corrected chi connectivity index (χ1v) is 6.29. The molecule has 0 aromatic heterocycles. The van der Waals surface area contributed by atoms with E-state index in [0.717, 1.165) is 5.56 Å². The summed E-state index contributed by atoms with van der Waals surface area (Å²) in [6, 6.07) is 8.91. The molecule has 0 saturated carbocycles. The zero-order chi connectivity index (χ0) is 14.6. The van der Waals surface area contributed by atoms with Crippen LogP contribution < -0.4 is 0 Å². The lowest BCUT2D eigenvalue weighted by Gasteiger charge is -2.31. The number of nitrogens with zero attached hydrogens (tertiary/aromatic N) is 1. The number of rotatable bonds is 5. The maximum Gasteiger partial charge on any atom is 0.326 e. The van der Waals surface area contributed by atoms with E-state index in [4.69, 9.17) is 5.11 Å². The summed E-state index contributed by atoms with van der Waals surface area (Å²) < 4.78 is 0. The van der Waals surface area contributed by atoms with Crippen molar-refractivity contribution in [2.75, 3.05) is 7.05 Å². The molecule has 1 atom stereocenters. The van der Waals surface area contributed by atoms with Crippen molar-refractivity contribution in [2.24, 2.45) is 5.41 Å². The number of amides is 1. The molecule has 0 heterocycles. The van der Waals surface area contributed by atoms with Crippen LogP contribution in [0.2, 0.25) is 0 Å². The minimum Gasteiger partial charge on any atom is -0.480 e. The number of aliphatic carboxylic acids is 1. The molecule has 1 aromatic rings. The van der Waals surface area contributed by atoms with Gasteiger partial charge in [0.05, 0.1) is 0 Å². The Labute approximate surface area is 114 Å². The third-order valence-electron chi connectivity index (χ3n) is 3.33. The molecular weight excluding hydrogens is 242 g/mol. The molecule has 19 heavy (non-hydrogen) atoms. The molecule has 0 aliphatic carbocycles. The number of carbonyl (C=O) groups is 2. The van der Waals surface area contributed by atoms with E-state index < -0.39 is 17.4 Å².